The zero-order valence-electron chi connectivity index (χ0n) is 17.6. The number of aliphatic carboxylic acids is 1. The van der Waals surface area contributed by atoms with Gasteiger partial charge in [-0.25, -0.2) is 0 Å². The average molecular weight is 385 g/mol. The Bertz CT molecular complexity index is 675. The van der Waals surface area contributed by atoms with Gasteiger partial charge in [0.05, 0.1) is 5.41 Å². The van der Waals surface area contributed by atoms with Gasteiger partial charge < -0.3 is 15.7 Å². The van der Waals surface area contributed by atoms with Crippen LogP contribution in [0.4, 0.5) is 0 Å². The lowest BCUT2D eigenvalue weighted by molar-refractivity contribution is -0.146. The zero-order valence-corrected chi connectivity index (χ0v) is 17.6. The predicted octanol–water partition coefficient (Wildman–Crippen LogP) is 4.47. The highest BCUT2D eigenvalue weighted by molar-refractivity contribution is 5.73. The topological polar surface area (TPSA) is 61.4 Å². The van der Waals surface area contributed by atoms with Crippen LogP contribution in [0.15, 0.2) is 35.9 Å². The molecule has 0 spiro atoms. The van der Waals surface area contributed by atoms with Gasteiger partial charge in [-0.2, -0.15) is 0 Å². The van der Waals surface area contributed by atoms with Crippen molar-refractivity contribution in [2.45, 2.75) is 77.4 Å². The molecule has 0 aliphatic heterocycles. The Morgan fingerprint density at radius 1 is 1.14 bits per heavy atom. The number of hydrogen-bond acceptors (Lipinski definition) is 3. The normalized spacial score (nSPS) is 28.2. The molecule has 0 radical (unpaired) electrons. The van der Waals surface area contributed by atoms with E-state index in [4.69, 9.17) is 0 Å². The van der Waals surface area contributed by atoms with Gasteiger partial charge in [-0.1, -0.05) is 48.9 Å². The van der Waals surface area contributed by atoms with Crippen LogP contribution in [-0.2, 0) is 4.79 Å². The summed E-state index contributed by atoms with van der Waals surface area (Å²) in [6.07, 6.45) is 9.37. The van der Waals surface area contributed by atoms with Crippen molar-refractivity contribution < 1.29 is 9.90 Å². The van der Waals surface area contributed by atoms with Crippen LogP contribution >= 0.6 is 0 Å². The second kappa shape index (κ2) is 9.23. The molecule has 2 aliphatic carbocycles. The van der Waals surface area contributed by atoms with Crippen molar-refractivity contribution in [3.05, 3.63) is 41.5 Å². The Balaban J connectivity index is 1.41. The Labute approximate surface area is 169 Å². The smallest absolute Gasteiger partial charge is 0.310 e. The average Bonchev–Trinajstić information content (AvgIpc) is 3.45. The van der Waals surface area contributed by atoms with E-state index in [9.17, 15) is 9.90 Å². The van der Waals surface area contributed by atoms with Crippen molar-refractivity contribution in [3.8, 4) is 0 Å². The van der Waals surface area contributed by atoms with Crippen molar-refractivity contribution in [2.75, 3.05) is 6.54 Å². The van der Waals surface area contributed by atoms with Gasteiger partial charge in [0, 0.05) is 24.7 Å². The Kier molecular flexibility index (Phi) is 6.95. The molecule has 1 aromatic carbocycles. The first-order chi connectivity index (χ1) is 13.4. The molecular weight excluding hydrogens is 348 g/mol. The number of carboxylic acid groups (broad SMARTS) is 1. The molecule has 28 heavy (non-hydrogen) atoms. The molecule has 0 saturated heterocycles. The van der Waals surface area contributed by atoms with E-state index in [0.717, 1.165) is 19.3 Å². The van der Waals surface area contributed by atoms with Gasteiger partial charge in [0.2, 0.25) is 0 Å². The maximum Gasteiger partial charge on any atom is 0.310 e. The van der Waals surface area contributed by atoms with E-state index in [1.807, 2.05) is 0 Å². The third-order valence-electron chi connectivity index (χ3n) is 6.42. The molecule has 154 valence electrons. The van der Waals surface area contributed by atoms with Crippen molar-refractivity contribution >= 4 is 12.0 Å². The summed E-state index contributed by atoms with van der Waals surface area (Å²) >= 11 is 0. The number of carbonyl (C=O) groups is 1. The lowest BCUT2D eigenvalue weighted by Gasteiger charge is -2.32. The highest BCUT2D eigenvalue weighted by Gasteiger charge is 2.40. The summed E-state index contributed by atoms with van der Waals surface area (Å²) in [4.78, 5) is 11.2. The molecular formula is C24H36N2O2. The monoisotopic (exact) mass is 384 g/mol. The maximum atomic E-state index is 11.2. The minimum Gasteiger partial charge on any atom is -0.481 e. The molecule has 3 N–H and O–H groups in total. The van der Waals surface area contributed by atoms with Crippen LogP contribution in [0.3, 0.4) is 0 Å². The highest BCUT2D eigenvalue weighted by Crippen LogP contribution is 2.40. The van der Waals surface area contributed by atoms with E-state index in [1.54, 1.807) is 19.4 Å². The largest absolute Gasteiger partial charge is 0.481 e. The Morgan fingerprint density at radius 3 is 2.39 bits per heavy atom. The molecule has 0 amide bonds. The maximum absolute atomic E-state index is 11.2. The molecule has 2 atom stereocenters. The van der Waals surface area contributed by atoms with Crippen molar-refractivity contribution in [2.24, 2.45) is 11.3 Å². The molecule has 0 bridgehead atoms. The molecule has 2 fully saturated rings. The van der Waals surface area contributed by atoms with E-state index in [0.29, 0.717) is 30.6 Å². The molecule has 0 unspecified atom stereocenters. The summed E-state index contributed by atoms with van der Waals surface area (Å²) in [6, 6.07) is 12.3. The minimum atomic E-state index is -0.731. The van der Waals surface area contributed by atoms with E-state index in [2.05, 4.69) is 54.0 Å². The molecule has 2 aliphatic rings. The second-order valence-corrected chi connectivity index (χ2v) is 9.22. The summed E-state index contributed by atoms with van der Waals surface area (Å²) in [5.74, 6) is -0.0390. The fourth-order valence-electron chi connectivity index (χ4n) is 4.27. The van der Waals surface area contributed by atoms with E-state index in [1.165, 1.54) is 24.8 Å². The van der Waals surface area contributed by atoms with Crippen LogP contribution in [0.2, 0.25) is 0 Å². The molecule has 1 aromatic rings. The number of nitrogens with one attached hydrogen (secondary N) is 2. The van der Waals surface area contributed by atoms with E-state index >= 15 is 0 Å². The fraction of sp³-hybridized carbons (Fsp3) is 0.625. The van der Waals surface area contributed by atoms with Gasteiger partial charge in [0.1, 0.15) is 0 Å². The third-order valence-corrected chi connectivity index (χ3v) is 6.42. The van der Waals surface area contributed by atoms with Crippen molar-refractivity contribution in [1.29, 1.82) is 0 Å². The van der Waals surface area contributed by atoms with Crippen LogP contribution in [0.5, 0.6) is 0 Å². The predicted molar refractivity (Wildman–Crippen MR) is 115 cm³/mol. The number of rotatable bonds is 9. The van der Waals surface area contributed by atoms with Gasteiger partial charge in [-0.05, 0) is 63.9 Å². The summed E-state index contributed by atoms with van der Waals surface area (Å²) < 4.78 is 0. The number of benzene rings is 1. The second-order valence-electron chi connectivity index (χ2n) is 9.22. The number of hydrogen-bond donors (Lipinski definition) is 3. The van der Waals surface area contributed by atoms with Crippen LogP contribution in [0, 0.1) is 11.3 Å². The van der Waals surface area contributed by atoms with Gasteiger partial charge in [-0.3, -0.25) is 4.79 Å². The molecule has 4 nitrogen and oxygen atoms in total. The minimum absolute atomic E-state index is 0.454. The quantitative estimate of drug-likeness (QED) is 0.588. The van der Waals surface area contributed by atoms with Gasteiger partial charge in [0.15, 0.2) is 0 Å². The summed E-state index contributed by atoms with van der Waals surface area (Å²) in [7, 11) is 0. The molecule has 0 heterocycles. The third kappa shape index (κ3) is 5.68. The first-order valence-corrected chi connectivity index (χ1v) is 10.9. The van der Waals surface area contributed by atoms with Gasteiger partial charge in [0.25, 0.3) is 0 Å². The molecule has 0 aromatic heterocycles. The molecule has 2 saturated carbocycles. The summed E-state index contributed by atoms with van der Waals surface area (Å²) in [5, 5.41) is 16.6. The molecule has 4 heteroatoms. The first-order valence-electron chi connectivity index (χ1n) is 10.9. The van der Waals surface area contributed by atoms with Gasteiger partial charge >= 0.3 is 5.97 Å². The van der Waals surface area contributed by atoms with E-state index < -0.39 is 11.4 Å². The standard InChI is InChI=1S/C24H36N2O2/c1-4-18(14-17-8-6-5-7-9-17)21-15-22(21)26-20-12-10-19(11-13-20)25-16-24(2,3)23(27)28/h5-9,14,19-22,25-26H,4,10-13,15-16H2,1-3H3,(H,27,28)/b18-14+/t19?,20?,21-,22+/m0/s1. The summed E-state index contributed by atoms with van der Waals surface area (Å²) in [5.41, 5.74) is 2.17. The van der Waals surface area contributed by atoms with Crippen molar-refractivity contribution in [1.82, 2.24) is 10.6 Å². The van der Waals surface area contributed by atoms with Crippen LogP contribution in [-0.4, -0.2) is 35.7 Å². The fourth-order valence-corrected chi connectivity index (χ4v) is 4.27. The van der Waals surface area contributed by atoms with Crippen molar-refractivity contribution in [3.63, 3.8) is 0 Å². The van der Waals surface area contributed by atoms with Crippen LogP contribution in [0.25, 0.3) is 6.08 Å². The summed E-state index contributed by atoms with van der Waals surface area (Å²) in [6.45, 7) is 6.38. The Hall–Kier alpha value is -1.65. The van der Waals surface area contributed by atoms with Crippen LogP contribution in [0.1, 0.15) is 64.9 Å². The lowest BCUT2D eigenvalue weighted by atomic mass is 9.88. The Morgan fingerprint density at radius 2 is 1.79 bits per heavy atom. The first kappa shape index (κ1) is 21.1. The molecule has 3 rings (SSSR count). The zero-order chi connectivity index (χ0) is 20.1. The highest BCUT2D eigenvalue weighted by atomic mass is 16.4. The van der Waals surface area contributed by atoms with Crippen LogP contribution < -0.4 is 10.6 Å². The SMILES string of the molecule is CC/C(=C\c1ccccc1)[C@@H]1C[C@H]1NC1CCC(NCC(C)(C)C(=O)O)CC1. The number of carboxylic acids is 1. The lowest BCUT2D eigenvalue weighted by Crippen LogP contribution is -2.45. The van der Waals surface area contributed by atoms with E-state index in [-0.39, 0.29) is 0 Å². The van der Waals surface area contributed by atoms with Gasteiger partial charge in [-0.15, -0.1) is 0 Å².